The smallest absolute Gasteiger partial charge is 0.331 e. The Morgan fingerprint density at radius 2 is 2.15 bits per heavy atom. The van der Waals surface area contributed by atoms with Gasteiger partial charge in [0, 0.05) is 11.3 Å². The zero-order chi connectivity index (χ0) is 10.1. The van der Waals surface area contributed by atoms with Crippen molar-refractivity contribution in [2.75, 3.05) is 11.5 Å². The van der Waals surface area contributed by atoms with Crippen molar-refractivity contribution in [3.8, 4) is 0 Å². The van der Waals surface area contributed by atoms with Crippen molar-refractivity contribution in [3.05, 3.63) is 11.1 Å². The van der Waals surface area contributed by atoms with E-state index in [1.165, 1.54) is 0 Å². The Morgan fingerprint density at radius 1 is 1.54 bits per heavy atom. The van der Waals surface area contributed by atoms with Gasteiger partial charge >= 0.3 is 5.97 Å². The highest BCUT2D eigenvalue weighted by Gasteiger charge is 2.29. The fourth-order valence-electron chi connectivity index (χ4n) is 1.59. The Balaban J connectivity index is 3.00. The van der Waals surface area contributed by atoms with Gasteiger partial charge in [-0.05, 0) is 30.1 Å². The number of aliphatic carboxylic acids is 1. The van der Waals surface area contributed by atoms with Crippen molar-refractivity contribution in [1.29, 1.82) is 0 Å². The van der Waals surface area contributed by atoms with Gasteiger partial charge in [0.15, 0.2) is 0 Å². The number of hydrogen-bond acceptors (Lipinski definition) is 2. The van der Waals surface area contributed by atoms with Crippen LogP contribution in [0.4, 0.5) is 0 Å². The molecule has 0 aromatic carbocycles. The van der Waals surface area contributed by atoms with Gasteiger partial charge in [-0.25, -0.2) is 4.79 Å². The molecule has 0 aliphatic carbocycles. The maximum absolute atomic E-state index is 10.8. The van der Waals surface area contributed by atoms with Gasteiger partial charge in [0.05, 0.1) is 0 Å². The fraction of sp³-hybridized carbons (Fsp3) is 0.700. The van der Waals surface area contributed by atoms with E-state index < -0.39 is 5.97 Å². The first kappa shape index (κ1) is 10.6. The fourth-order valence-corrected chi connectivity index (χ4v) is 3.20. The lowest BCUT2D eigenvalue weighted by atomic mass is 9.80. The Bertz CT molecular complexity index is 254. The van der Waals surface area contributed by atoms with E-state index in [0.717, 1.165) is 23.5 Å². The van der Waals surface area contributed by atoms with Crippen LogP contribution in [0.25, 0.3) is 0 Å². The molecule has 1 N–H and O–H groups in total. The summed E-state index contributed by atoms with van der Waals surface area (Å²) in [5, 5.41) is 8.90. The largest absolute Gasteiger partial charge is 0.478 e. The molecule has 0 aromatic rings. The second-order valence-corrected chi connectivity index (χ2v) is 5.20. The normalized spacial score (nSPS) is 25.5. The summed E-state index contributed by atoms with van der Waals surface area (Å²) in [7, 11) is 0. The van der Waals surface area contributed by atoms with E-state index in [0.29, 0.717) is 5.57 Å². The first-order valence-corrected chi connectivity index (χ1v) is 5.62. The molecule has 74 valence electrons. The first-order chi connectivity index (χ1) is 5.95. The van der Waals surface area contributed by atoms with Crippen LogP contribution >= 0.6 is 11.8 Å². The van der Waals surface area contributed by atoms with Gasteiger partial charge < -0.3 is 5.11 Å². The highest BCUT2D eigenvalue weighted by atomic mass is 32.2. The number of carboxylic acids is 1. The van der Waals surface area contributed by atoms with Crippen LogP contribution in [0.5, 0.6) is 0 Å². The van der Waals surface area contributed by atoms with E-state index in [2.05, 4.69) is 13.8 Å². The van der Waals surface area contributed by atoms with E-state index in [1.807, 2.05) is 11.8 Å². The molecule has 13 heavy (non-hydrogen) atoms. The van der Waals surface area contributed by atoms with Crippen molar-refractivity contribution in [2.24, 2.45) is 5.41 Å². The second-order valence-electron chi connectivity index (χ2n) is 4.10. The van der Waals surface area contributed by atoms with Crippen LogP contribution in [0.2, 0.25) is 0 Å². The molecule has 0 unspecified atom stereocenters. The van der Waals surface area contributed by atoms with Gasteiger partial charge in [-0.3, -0.25) is 0 Å². The van der Waals surface area contributed by atoms with Gasteiger partial charge in [0.1, 0.15) is 0 Å². The van der Waals surface area contributed by atoms with E-state index in [-0.39, 0.29) is 5.41 Å². The molecule has 0 radical (unpaired) electrons. The molecular formula is C10H16O2S. The Labute approximate surface area is 83.4 Å². The molecule has 0 atom stereocenters. The molecule has 1 aliphatic rings. The summed E-state index contributed by atoms with van der Waals surface area (Å²) >= 11 is 1.83. The number of carbonyl (C=O) groups is 1. The molecule has 0 bridgehead atoms. The molecular weight excluding hydrogens is 184 g/mol. The van der Waals surface area contributed by atoms with Gasteiger partial charge in [-0.1, -0.05) is 13.8 Å². The molecule has 3 heteroatoms. The van der Waals surface area contributed by atoms with Crippen molar-refractivity contribution in [1.82, 2.24) is 0 Å². The van der Waals surface area contributed by atoms with Crippen LogP contribution in [-0.2, 0) is 4.79 Å². The van der Waals surface area contributed by atoms with Gasteiger partial charge in [0.2, 0.25) is 0 Å². The number of hydrogen-bond donors (Lipinski definition) is 1. The van der Waals surface area contributed by atoms with Crippen LogP contribution in [0.15, 0.2) is 11.1 Å². The lowest BCUT2D eigenvalue weighted by Gasteiger charge is -2.33. The number of thioether (sulfide) groups is 1. The van der Waals surface area contributed by atoms with Crippen LogP contribution in [0, 0.1) is 5.41 Å². The summed E-state index contributed by atoms with van der Waals surface area (Å²) in [5.41, 5.74) is 1.72. The van der Waals surface area contributed by atoms with Gasteiger partial charge in [-0.15, -0.1) is 0 Å². The monoisotopic (exact) mass is 200 g/mol. The zero-order valence-electron chi connectivity index (χ0n) is 8.39. The van der Waals surface area contributed by atoms with Crippen molar-refractivity contribution < 1.29 is 9.90 Å². The SMILES string of the molecule is CC(C(=O)O)=C1CSCCC1(C)C. The third-order valence-electron chi connectivity index (χ3n) is 2.71. The molecule has 0 aromatic heterocycles. The standard InChI is InChI=1S/C10H16O2S/c1-7(9(11)12)8-6-13-5-4-10(8,2)3/h4-6H2,1-3H3,(H,11,12). The molecule has 1 fully saturated rings. The maximum Gasteiger partial charge on any atom is 0.331 e. The lowest BCUT2D eigenvalue weighted by molar-refractivity contribution is -0.132. The van der Waals surface area contributed by atoms with Gasteiger partial charge in [-0.2, -0.15) is 11.8 Å². The number of carboxylic acid groups (broad SMARTS) is 1. The van der Waals surface area contributed by atoms with E-state index >= 15 is 0 Å². The third kappa shape index (κ3) is 2.27. The maximum atomic E-state index is 10.8. The van der Waals surface area contributed by atoms with Gasteiger partial charge in [0.25, 0.3) is 0 Å². The van der Waals surface area contributed by atoms with Crippen molar-refractivity contribution >= 4 is 17.7 Å². The summed E-state index contributed by atoms with van der Waals surface area (Å²) in [6, 6.07) is 0. The molecule has 1 aliphatic heterocycles. The second kappa shape index (κ2) is 3.74. The summed E-state index contributed by atoms with van der Waals surface area (Å²) in [6.07, 6.45) is 1.08. The summed E-state index contributed by atoms with van der Waals surface area (Å²) in [4.78, 5) is 10.8. The minimum absolute atomic E-state index is 0.0771. The van der Waals surface area contributed by atoms with E-state index in [4.69, 9.17) is 5.11 Å². The first-order valence-electron chi connectivity index (χ1n) is 4.46. The Hall–Kier alpha value is -0.440. The van der Waals surface area contributed by atoms with Crippen LogP contribution in [-0.4, -0.2) is 22.6 Å². The highest BCUT2D eigenvalue weighted by molar-refractivity contribution is 7.99. The summed E-state index contributed by atoms with van der Waals surface area (Å²) in [5.74, 6) is 1.25. The summed E-state index contributed by atoms with van der Waals surface area (Å²) in [6.45, 7) is 5.98. The average molecular weight is 200 g/mol. The molecule has 2 nitrogen and oxygen atoms in total. The zero-order valence-corrected chi connectivity index (χ0v) is 9.20. The molecule has 0 spiro atoms. The summed E-state index contributed by atoms with van der Waals surface area (Å²) < 4.78 is 0. The minimum atomic E-state index is -0.773. The predicted molar refractivity (Wildman–Crippen MR) is 56.1 cm³/mol. The quantitative estimate of drug-likeness (QED) is 0.661. The molecule has 1 saturated heterocycles. The van der Waals surface area contributed by atoms with E-state index in [9.17, 15) is 4.79 Å². The molecule has 0 saturated carbocycles. The highest BCUT2D eigenvalue weighted by Crippen LogP contribution is 2.40. The third-order valence-corrected chi connectivity index (χ3v) is 3.69. The minimum Gasteiger partial charge on any atom is -0.478 e. The number of rotatable bonds is 1. The van der Waals surface area contributed by atoms with Crippen LogP contribution < -0.4 is 0 Å². The van der Waals surface area contributed by atoms with Crippen LogP contribution in [0.1, 0.15) is 27.2 Å². The van der Waals surface area contributed by atoms with Crippen LogP contribution in [0.3, 0.4) is 0 Å². The Kier molecular flexibility index (Phi) is 3.06. The molecule has 0 amide bonds. The lowest BCUT2D eigenvalue weighted by Crippen LogP contribution is -2.25. The molecule has 1 rings (SSSR count). The topological polar surface area (TPSA) is 37.3 Å². The molecule has 1 heterocycles. The Morgan fingerprint density at radius 3 is 2.62 bits per heavy atom. The predicted octanol–water partition coefficient (Wildman–Crippen LogP) is 2.55. The van der Waals surface area contributed by atoms with Crippen molar-refractivity contribution in [3.63, 3.8) is 0 Å². The average Bonchev–Trinajstić information content (AvgIpc) is 2.02. The van der Waals surface area contributed by atoms with Crippen molar-refractivity contribution in [2.45, 2.75) is 27.2 Å². The van der Waals surface area contributed by atoms with E-state index in [1.54, 1.807) is 6.92 Å².